The zero-order valence-electron chi connectivity index (χ0n) is 19.9. The summed E-state index contributed by atoms with van der Waals surface area (Å²) in [4.78, 5) is 29.8. The van der Waals surface area contributed by atoms with Crippen LogP contribution in [0.2, 0.25) is 0 Å². The quantitative estimate of drug-likeness (QED) is 0.376. The van der Waals surface area contributed by atoms with Crippen molar-refractivity contribution >= 4 is 16.8 Å². The summed E-state index contributed by atoms with van der Waals surface area (Å²) >= 11 is 0. The molecule has 0 radical (unpaired) electrons. The zero-order valence-corrected chi connectivity index (χ0v) is 19.9. The van der Waals surface area contributed by atoms with E-state index < -0.39 is 0 Å². The molecular weight excluding hydrogens is 442 g/mol. The number of benzene rings is 3. The number of nitrogens with zero attached hydrogens (tertiary/aromatic N) is 2. The third kappa shape index (κ3) is 5.69. The second kappa shape index (κ2) is 11.3. The van der Waals surface area contributed by atoms with Crippen LogP contribution in [0.25, 0.3) is 10.9 Å². The minimum atomic E-state index is -0.225. The van der Waals surface area contributed by atoms with E-state index >= 15 is 0 Å². The van der Waals surface area contributed by atoms with Crippen molar-refractivity contribution in [3.8, 4) is 11.5 Å². The monoisotopic (exact) mass is 471 g/mol. The summed E-state index contributed by atoms with van der Waals surface area (Å²) < 4.78 is 12.0. The molecule has 0 saturated heterocycles. The molecule has 0 atom stereocenters. The van der Waals surface area contributed by atoms with Gasteiger partial charge in [-0.1, -0.05) is 60.7 Å². The van der Waals surface area contributed by atoms with Gasteiger partial charge in [0.05, 0.1) is 31.4 Å². The lowest BCUT2D eigenvalue weighted by Crippen LogP contribution is -2.29. The number of amides is 1. The second-order valence-corrected chi connectivity index (χ2v) is 8.23. The Morgan fingerprint density at radius 3 is 2.14 bits per heavy atom. The largest absolute Gasteiger partial charge is 0.493 e. The summed E-state index contributed by atoms with van der Waals surface area (Å²) in [6.45, 7) is 0.776. The average molecular weight is 472 g/mol. The third-order valence-corrected chi connectivity index (χ3v) is 6.07. The van der Waals surface area contributed by atoms with Crippen molar-refractivity contribution in [2.24, 2.45) is 0 Å². The lowest BCUT2D eigenvalue weighted by molar-refractivity contribution is -0.121. The molecule has 0 aliphatic rings. The molecule has 0 spiro atoms. The molecule has 3 aromatic carbocycles. The molecule has 7 heteroatoms. The first-order valence-electron chi connectivity index (χ1n) is 11.6. The van der Waals surface area contributed by atoms with Crippen LogP contribution in [0.4, 0.5) is 0 Å². The van der Waals surface area contributed by atoms with E-state index in [-0.39, 0.29) is 30.3 Å². The van der Waals surface area contributed by atoms with E-state index in [2.05, 4.69) is 34.6 Å². The van der Waals surface area contributed by atoms with Gasteiger partial charge < -0.3 is 14.8 Å². The summed E-state index contributed by atoms with van der Waals surface area (Å²) in [7, 11) is 3.05. The van der Waals surface area contributed by atoms with Crippen molar-refractivity contribution in [1.82, 2.24) is 14.9 Å². The van der Waals surface area contributed by atoms with Gasteiger partial charge in [0.25, 0.3) is 5.56 Å². The van der Waals surface area contributed by atoms with Crippen molar-refractivity contribution < 1.29 is 14.3 Å². The highest BCUT2D eigenvalue weighted by Crippen LogP contribution is 2.30. The van der Waals surface area contributed by atoms with Crippen LogP contribution in [0.3, 0.4) is 0 Å². The summed E-state index contributed by atoms with van der Waals surface area (Å²) in [6.07, 6.45) is 2.42. The molecule has 35 heavy (non-hydrogen) atoms. The molecule has 0 fully saturated rings. The van der Waals surface area contributed by atoms with Crippen LogP contribution in [0.1, 0.15) is 29.9 Å². The molecule has 4 aromatic rings. The van der Waals surface area contributed by atoms with E-state index in [1.807, 2.05) is 36.4 Å². The third-order valence-electron chi connectivity index (χ3n) is 6.07. The topological polar surface area (TPSA) is 82.5 Å². The highest BCUT2D eigenvalue weighted by molar-refractivity contribution is 5.81. The molecule has 1 N–H and O–H groups in total. The number of aromatic nitrogens is 2. The Labute approximate surface area is 204 Å². The molecule has 4 rings (SSSR count). The number of ether oxygens (including phenoxy) is 2. The molecule has 1 heterocycles. The van der Waals surface area contributed by atoms with Gasteiger partial charge in [0.1, 0.15) is 0 Å². The highest BCUT2D eigenvalue weighted by atomic mass is 16.5. The Morgan fingerprint density at radius 2 is 1.54 bits per heavy atom. The van der Waals surface area contributed by atoms with Crippen LogP contribution >= 0.6 is 0 Å². The lowest BCUT2D eigenvalue weighted by atomic mass is 9.88. The van der Waals surface area contributed by atoms with Gasteiger partial charge in [0.2, 0.25) is 5.91 Å². The fourth-order valence-electron chi connectivity index (χ4n) is 4.21. The summed E-state index contributed by atoms with van der Waals surface area (Å²) in [6, 6.07) is 23.9. The summed E-state index contributed by atoms with van der Waals surface area (Å²) in [5, 5.41) is 3.42. The van der Waals surface area contributed by atoms with E-state index in [1.165, 1.54) is 36.2 Å². The van der Waals surface area contributed by atoms with Crippen LogP contribution in [-0.4, -0.2) is 36.2 Å². The number of aryl methyl sites for hydroxylation is 1. The molecule has 0 aliphatic heterocycles. The standard InChI is InChI=1S/C28H29N3O4/c1-34-25-17-23-24(18-26(25)35-2)30-19-31(28(23)33)16-14-27(32)29-15-13-22(20-9-5-3-6-10-20)21-11-7-4-8-12-21/h3-12,17-19,22H,13-16H2,1-2H3,(H,29,32). The predicted molar refractivity (Wildman–Crippen MR) is 136 cm³/mol. The maximum Gasteiger partial charge on any atom is 0.261 e. The van der Waals surface area contributed by atoms with Crippen molar-refractivity contribution in [3.63, 3.8) is 0 Å². The maximum absolute atomic E-state index is 12.9. The predicted octanol–water partition coefficient (Wildman–Crippen LogP) is 4.14. The zero-order chi connectivity index (χ0) is 24.6. The smallest absolute Gasteiger partial charge is 0.261 e. The van der Waals surface area contributed by atoms with Gasteiger partial charge >= 0.3 is 0 Å². The maximum atomic E-state index is 12.9. The summed E-state index contributed by atoms with van der Waals surface area (Å²) in [5.41, 5.74) is 2.72. The molecule has 0 bridgehead atoms. The molecule has 7 nitrogen and oxygen atoms in total. The minimum Gasteiger partial charge on any atom is -0.493 e. The molecule has 0 unspecified atom stereocenters. The van der Waals surface area contributed by atoms with Gasteiger partial charge in [-0.15, -0.1) is 0 Å². The van der Waals surface area contributed by atoms with Crippen LogP contribution in [0, 0.1) is 0 Å². The number of hydrogen-bond donors (Lipinski definition) is 1. The molecule has 0 aliphatic carbocycles. The Bertz CT molecular complexity index is 1300. The van der Waals surface area contributed by atoms with Gasteiger partial charge in [0, 0.05) is 31.5 Å². The van der Waals surface area contributed by atoms with Crippen molar-refractivity contribution in [1.29, 1.82) is 0 Å². The van der Waals surface area contributed by atoms with Crippen molar-refractivity contribution in [2.45, 2.75) is 25.3 Å². The number of carbonyl (C=O) groups is 1. The van der Waals surface area contributed by atoms with E-state index in [1.54, 1.807) is 12.1 Å². The number of methoxy groups -OCH3 is 2. The number of hydrogen-bond acceptors (Lipinski definition) is 5. The highest BCUT2D eigenvalue weighted by Gasteiger charge is 2.15. The van der Waals surface area contributed by atoms with E-state index in [9.17, 15) is 9.59 Å². The SMILES string of the molecule is COc1cc2ncn(CCC(=O)NCCC(c3ccccc3)c3ccccc3)c(=O)c2cc1OC. The van der Waals surface area contributed by atoms with Crippen LogP contribution in [0.5, 0.6) is 11.5 Å². The fourth-order valence-corrected chi connectivity index (χ4v) is 4.21. The molecule has 1 amide bonds. The Morgan fingerprint density at radius 1 is 0.943 bits per heavy atom. The molecule has 180 valence electrons. The Hall–Kier alpha value is -4.13. The number of nitrogens with one attached hydrogen (secondary N) is 1. The lowest BCUT2D eigenvalue weighted by Gasteiger charge is -2.18. The van der Waals surface area contributed by atoms with Gasteiger partial charge in [0.15, 0.2) is 11.5 Å². The second-order valence-electron chi connectivity index (χ2n) is 8.23. The van der Waals surface area contributed by atoms with Gasteiger partial charge in [-0.3, -0.25) is 14.2 Å². The van der Waals surface area contributed by atoms with Crippen LogP contribution in [-0.2, 0) is 11.3 Å². The van der Waals surface area contributed by atoms with Crippen LogP contribution < -0.4 is 20.3 Å². The van der Waals surface area contributed by atoms with Crippen LogP contribution in [0.15, 0.2) is 83.9 Å². The van der Waals surface area contributed by atoms with Gasteiger partial charge in [-0.2, -0.15) is 0 Å². The van der Waals surface area contributed by atoms with E-state index in [0.29, 0.717) is 28.9 Å². The molecular formula is C28H29N3O4. The first kappa shape index (κ1) is 24.0. The fraction of sp³-hybridized carbons (Fsp3) is 0.250. The van der Waals surface area contributed by atoms with Crippen molar-refractivity contribution in [3.05, 3.63) is 101 Å². The van der Waals surface area contributed by atoms with Gasteiger partial charge in [-0.05, 0) is 23.6 Å². The Balaban J connectivity index is 1.38. The molecule has 1 aromatic heterocycles. The van der Waals surface area contributed by atoms with Crippen molar-refractivity contribution in [2.75, 3.05) is 20.8 Å². The minimum absolute atomic E-state index is 0.107. The normalized spacial score (nSPS) is 10.9. The van der Waals surface area contributed by atoms with E-state index in [0.717, 1.165) is 6.42 Å². The average Bonchev–Trinajstić information content (AvgIpc) is 2.91. The Kier molecular flexibility index (Phi) is 7.77. The number of rotatable bonds is 10. The van der Waals surface area contributed by atoms with Gasteiger partial charge in [-0.25, -0.2) is 4.98 Å². The molecule has 0 saturated carbocycles. The first-order valence-corrected chi connectivity index (χ1v) is 11.6. The number of carbonyl (C=O) groups excluding carboxylic acids is 1. The summed E-state index contributed by atoms with van der Waals surface area (Å²) in [5.74, 6) is 1.05. The van der Waals surface area contributed by atoms with E-state index in [4.69, 9.17) is 9.47 Å². The first-order chi connectivity index (χ1) is 17.1. The number of fused-ring (bicyclic) bond motifs is 1.